The van der Waals surface area contributed by atoms with E-state index >= 15 is 0 Å². The molecular formula is C48H58N4O6Si. The lowest BCUT2D eigenvalue weighted by atomic mass is 9.82. The molecule has 3 aliphatic rings. The number of carboxylic acid groups (broad SMARTS) is 1. The number of phenols is 1. The Hall–Kier alpha value is -5.20. The monoisotopic (exact) mass is 814 g/mol. The first-order valence-corrected chi connectivity index (χ1v) is 23.7. The van der Waals surface area contributed by atoms with Gasteiger partial charge in [-0.25, -0.2) is 4.79 Å². The Morgan fingerprint density at radius 2 is 1.75 bits per heavy atom. The van der Waals surface area contributed by atoms with Gasteiger partial charge in [0.2, 0.25) is 5.56 Å². The number of carbonyl (C=O) groups is 1. The average Bonchev–Trinajstić information content (AvgIpc) is 3.22. The van der Waals surface area contributed by atoms with Crippen molar-refractivity contribution in [1.82, 2.24) is 15.2 Å². The van der Waals surface area contributed by atoms with Gasteiger partial charge in [0.1, 0.15) is 11.5 Å². The van der Waals surface area contributed by atoms with Crippen molar-refractivity contribution in [1.29, 1.82) is 0 Å². The molecule has 4 aromatic carbocycles. The Kier molecular flexibility index (Phi) is 12.8. The number of hydrogen-bond acceptors (Lipinski definition) is 7. The molecule has 59 heavy (non-hydrogen) atoms. The Bertz CT molecular complexity index is 2310. The maximum Gasteiger partial charge on any atom is 0.412 e. The average molecular weight is 815 g/mol. The first kappa shape index (κ1) is 41.9. The van der Waals surface area contributed by atoms with E-state index in [-0.39, 0.29) is 28.5 Å². The lowest BCUT2D eigenvalue weighted by molar-refractivity contribution is 0.0838. The van der Waals surface area contributed by atoms with Crippen LogP contribution in [0, 0.1) is 5.92 Å². The van der Waals surface area contributed by atoms with Crippen molar-refractivity contribution in [2.24, 2.45) is 5.92 Å². The van der Waals surface area contributed by atoms with E-state index < -0.39 is 14.4 Å². The van der Waals surface area contributed by atoms with Crippen LogP contribution in [0.2, 0.25) is 18.1 Å². The SMILES string of the molecule is CC(C)(C)[Si](C)(C)O[C@@H](CNCc1ccc(OCCC=Cc2ccc(-c3ccccc3)c(N(C(=O)O)C3CN4CCC3CC4)c2)cc1)c1ccc(O)c2[nH]c(=O)ccc12. The summed E-state index contributed by atoms with van der Waals surface area (Å²) in [5.74, 6) is 1.19. The zero-order chi connectivity index (χ0) is 41.7. The molecule has 3 fully saturated rings. The third-order valence-electron chi connectivity index (χ3n) is 12.5. The second kappa shape index (κ2) is 18.0. The van der Waals surface area contributed by atoms with Crippen LogP contribution >= 0.6 is 0 Å². The van der Waals surface area contributed by atoms with Crippen LogP contribution in [0.15, 0.2) is 108 Å². The molecule has 8 rings (SSSR count). The summed E-state index contributed by atoms with van der Waals surface area (Å²) in [5, 5.41) is 25.5. The highest BCUT2D eigenvalue weighted by Crippen LogP contribution is 2.42. The summed E-state index contributed by atoms with van der Waals surface area (Å²) in [6, 6.07) is 31.0. The second-order valence-corrected chi connectivity index (χ2v) is 22.2. The fourth-order valence-corrected chi connectivity index (χ4v) is 9.44. The number of H-pyrrole nitrogens is 1. The number of aromatic hydroxyl groups is 1. The standard InChI is InChI=1S/C48H58N4O6Si/c1-48(2,3)59(4,5)58-44(39-20-22-43(53)46-40(39)21-23-45(54)50-46)31-49-30-34-14-17-37(18-15-34)57-28-10-9-11-33-16-19-38(35-12-7-6-8-13-35)41(29-33)52(47(55)56)42-32-51-26-24-36(42)25-27-51/h6-9,11-23,29,36,42,44,49,53H,10,24-28,30-32H2,1-5H3,(H,50,54)(H,55,56)/t42?,44-/m0/s1. The highest BCUT2D eigenvalue weighted by atomic mass is 28.4. The van der Waals surface area contributed by atoms with E-state index in [4.69, 9.17) is 9.16 Å². The van der Waals surface area contributed by atoms with Crippen LogP contribution in [0.1, 0.15) is 62.8 Å². The molecule has 0 saturated carbocycles. The summed E-state index contributed by atoms with van der Waals surface area (Å²) in [5.41, 5.74) is 5.79. The largest absolute Gasteiger partial charge is 0.506 e. The van der Waals surface area contributed by atoms with E-state index in [2.05, 4.69) is 85.5 Å². The van der Waals surface area contributed by atoms with E-state index in [1.54, 1.807) is 17.0 Å². The third-order valence-corrected chi connectivity index (χ3v) is 17.0. The van der Waals surface area contributed by atoms with Crippen LogP contribution in [0.25, 0.3) is 28.1 Å². The Labute approximate surface area is 348 Å². The Morgan fingerprint density at radius 1 is 1.00 bits per heavy atom. The number of fused-ring (bicyclic) bond motifs is 4. The first-order valence-electron chi connectivity index (χ1n) is 20.8. The van der Waals surface area contributed by atoms with Gasteiger partial charge < -0.3 is 34.6 Å². The Balaban J connectivity index is 0.971. The minimum Gasteiger partial charge on any atom is -0.506 e. The molecule has 11 heteroatoms. The highest BCUT2D eigenvalue weighted by Gasteiger charge is 2.41. The minimum atomic E-state index is -2.19. The van der Waals surface area contributed by atoms with Gasteiger partial charge >= 0.3 is 6.09 Å². The minimum absolute atomic E-state index is 0.00781. The number of aromatic nitrogens is 1. The molecule has 1 aromatic heterocycles. The van der Waals surface area contributed by atoms with Gasteiger partial charge in [-0.05, 0) is 109 Å². The lowest BCUT2D eigenvalue weighted by Crippen LogP contribution is -2.59. The molecule has 0 aliphatic carbocycles. The van der Waals surface area contributed by atoms with Gasteiger partial charge in [0.05, 0.1) is 30.0 Å². The van der Waals surface area contributed by atoms with Crippen molar-refractivity contribution in [2.75, 3.05) is 37.7 Å². The maximum absolute atomic E-state index is 12.9. The van der Waals surface area contributed by atoms with Crippen LogP contribution < -0.4 is 20.5 Å². The number of pyridine rings is 1. The molecule has 2 bridgehead atoms. The normalized spacial score (nSPS) is 18.6. The third kappa shape index (κ3) is 9.82. The van der Waals surface area contributed by atoms with Crippen LogP contribution in [0.4, 0.5) is 10.5 Å². The zero-order valence-electron chi connectivity index (χ0n) is 34.9. The molecular weight excluding hydrogens is 757 g/mol. The molecule has 1 unspecified atom stereocenters. The number of aromatic amines is 1. The molecule has 5 aromatic rings. The van der Waals surface area contributed by atoms with E-state index in [1.807, 2.05) is 54.6 Å². The fraction of sp³-hybridized carbons (Fsp3) is 0.375. The quantitative estimate of drug-likeness (QED) is 0.0608. The summed E-state index contributed by atoms with van der Waals surface area (Å²) in [6.45, 7) is 15.6. The number of phenolic OH excluding ortho intramolecular Hbond substituents is 1. The molecule has 3 aliphatic heterocycles. The van der Waals surface area contributed by atoms with E-state index in [0.29, 0.717) is 37.6 Å². The summed E-state index contributed by atoms with van der Waals surface area (Å²) in [7, 11) is -2.19. The summed E-state index contributed by atoms with van der Waals surface area (Å²) >= 11 is 0. The van der Waals surface area contributed by atoms with Crippen LogP contribution in [0.5, 0.6) is 11.5 Å². The van der Waals surface area contributed by atoms with Gasteiger partial charge in [0.15, 0.2) is 8.32 Å². The number of benzene rings is 4. The molecule has 310 valence electrons. The van der Waals surface area contributed by atoms with Gasteiger partial charge in [0.25, 0.3) is 0 Å². The second-order valence-electron chi connectivity index (χ2n) is 17.5. The number of hydrogen-bond donors (Lipinski definition) is 4. The van der Waals surface area contributed by atoms with Gasteiger partial charge in [-0.3, -0.25) is 9.69 Å². The number of nitrogens with zero attached hydrogens (tertiary/aromatic N) is 2. The maximum atomic E-state index is 12.9. The first-order chi connectivity index (χ1) is 28.3. The summed E-state index contributed by atoms with van der Waals surface area (Å²) in [6.07, 6.45) is 5.69. The summed E-state index contributed by atoms with van der Waals surface area (Å²) < 4.78 is 13.0. The van der Waals surface area contributed by atoms with Gasteiger partial charge in [-0.15, -0.1) is 0 Å². The summed E-state index contributed by atoms with van der Waals surface area (Å²) in [4.78, 5) is 31.9. The Morgan fingerprint density at radius 3 is 2.42 bits per heavy atom. The van der Waals surface area contributed by atoms with E-state index in [1.165, 1.54) is 6.07 Å². The molecule has 1 amide bonds. The van der Waals surface area contributed by atoms with Crippen molar-refractivity contribution < 1.29 is 24.2 Å². The van der Waals surface area contributed by atoms with Gasteiger partial charge in [-0.1, -0.05) is 93.6 Å². The molecule has 4 heterocycles. The molecule has 2 atom stereocenters. The van der Waals surface area contributed by atoms with E-state index in [9.17, 15) is 19.8 Å². The molecule has 4 N–H and O–H groups in total. The number of piperidine rings is 3. The number of anilines is 1. The number of ether oxygens (including phenoxy) is 1. The van der Waals surface area contributed by atoms with Crippen molar-refractivity contribution in [3.63, 3.8) is 0 Å². The fourth-order valence-electron chi connectivity index (χ4n) is 8.17. The van der Waals surface area contributed by atoms with Crippen molar-refractivity contribution in [3.8, 4) is 22.6 Å². The molecule has 10 nitrogen and oxygen atoms in total. The predicted octanol–water partition coefficient (Wildman–Crippen LogP) is 9.81. The highest BCUT2D eigenvalue weighted by molar-refractivity contribution is 6.74. The number of amides is 1. The van der Waals surface area contributed by atoms with E-state index in [0.717, 1.165) is 77.1 Å². The smallest absolute Gasteiger partial charge is 0.412 e. The molecule has 0 radical (unpaired) electrons. The van der Waals surface area contributed by atoms with Crippen molar-refractivity contribution in [2.45, 2.75) is 76.9 Å². The molecule has 0 spiro atoms. The van der Waals surface area contributed by atoms with Crippen molar-refractivity contribution >= 4 is 37.1 Å². The van der Waals surface area contributed by atoms with Gasteiger partial charge in [0, 0.05) is 36.7 Å². The number of rotatable bonds is 15. The van der Waals surface area contributed by atoms with Crippen LogP contribution in [-0.4, -0.2) is 73.3 Å². The van der Waals surface area contributed by atoms with Gasteiger partial charge in [-0.2, -0.15) is 0 Å². The predicted molar refractivity (Wildman–Crippen MR) is 240 cm³/mol. The van der Waals surface area contributed by atoms with Crippen LogP contribution in [0.3, 0.4) is 0 Å². The topological polar surface area (TPSA) is 127 Å². The number of nitrogens with one attached hydrogen (secondary N) is 2. The molecule has 3 saturated heterocycles. The zero-order valence-corrected chi connectivity index (χ0v) is 35.9. The van der Waals surface area contributed by atoms with Crippen molar-refractivity contribution in [3.05, 3.63) is 130 Å². The van der Waals surface area contributed by atoms with Crippen LogP contribution in [-0.2, 0) is 11.0 Å². The lowest BCUT2D eigenvalue weighted by Gasteiger charge is -2.48.